The van der Waals surface area contributed by atoms with Gasteiger partial charge in [0, 0.05) is 35.5 Å². The van der Waals surface area contributed by atoms with Crippen molar-refractivity contribution >= 4 is 47.9 Å². The quantitative estimate of drug-likeness (QED) is 0.0560. The molecule has 366 valence electrons. The van der Waals surface area contributed by atoms with Crippen molar-refractivity contribution in [2.75, 3.05) is 31.8 Å². The standard InChI is InChI=1S/C57H67ClN6O5Si/c1-39-45-20-15-27-63(51(45)62-61-50(39)58)48-26-25-46(49(60-48)52(65)67-31-41-21-23-42(66-8)24-22-41)47-30-59-64(40(47)2)38-56-33-54(6)32-55(7,34-56)36-57(35-54,37-56)68-28-29-69-70(53(3,4)5,43-16-11-9-12-17-43)44-18-13-10-14-19-44/h9-14,16-19,21-26,30H,15,20,27-29,31-38H2,1-8H3. The van der Waals surface area contributed by atoms with Crippen LogP contribution in [0.1, 0.15) is 112 Å². The van der Waals surface area contributed by atoms with Crippen LogP contribution in [-0.2, 0) is 33.5 Å². The molecule has 0 saturated heterocycles. The number of anilines is 2. The highest BCUT2D eigenvalue weighted by Crippen LogP contribution is 2.72. The van der Waals surface area contributed by atoms with Gasteiger partial charge in [0.1, 0.15) is 18.2 Å². The molecule has 4 aliphatic carbocycles. The number of aromatic nitrogens is 5. The van der Waals surface area contributed by atoms with E-state index < -0.39 is 14.3 Å². The van der Waals surface area contributed by atoms with Crippen LogP contribution in [-0.4, -0.2) is 71.7 Å². The van der Waals surface area contributed by atoms with Crippen molar-refractivity contribution in [2.24, 2.45) is 16.2 Å². The number of esters is 1. The van der Waals surface area contributed by atoms with Crippen LogP contribution in [0, 0.1) is 30.1 Å². The number of hydrogen-bond acceptors (Lipinski definition) is 10. The zero-order chi connectivity index (χ0) is 49.1. The maximum absolute atomic E-state index is 14.4. The topological polar surface area (TPSA) is 114 Å². The predicted molar refractivity (Wildman–Crippen MR) is 278 cm³/mol. The summed E-state index contributed by atoms with van der Waals surface area (Å²) in [5.74, 6) is 1.52. The van der Waals surface area contributed by atoms with Crippen LogP contribution in [0.2, 0.25) is 10.2 Å². The minimum atomic E-state index is -2.71. The highest BCUT2D eigenvalue weighted by atomic mass is 35.5. The van der Waals surface area contributed by atoms with E-state index in [0.29, 0.717) is 42.1 Å². The van der Waals surface area contributed by atoms with E-state index in [9.17, 15) is 4.79 Å². The summed E-state index contributed by atoms with van der Waals surface area (Å²) in [7, 11) is -1.08. The molecule has 4 heterocycles. The van der Waals surface area contributed by atoms with Crippen molar-refractivity contribution in [2.45, 2.75) is 124 Å². The van der Waals surface area contributed by atoms with E-state index in [4.69, 9.17) is 40.3 Å². The van der Waals surface area contributed by atoms with E-state index in [2.05, 4.69) is 117 Å². The van der Waals surface area contributed by atoms with Crippen molar-refractivity contribution in [3.8, 4) is 16.9 Å². The third kappa shape index (κ3) is 8.87. The van der Waals surface area contributed by atoms with Crippen molar-refractivity contribution in [1.29, 1.82) is 0 Å². The van der Waals surface area contributed by atoms with Crippen molar-refractivity contribution in [1.82, 2.24) is 25.0 Å². The Bertz CT molecular complexity index is 2830. The van der Waals surface area contributed by atoms with Gasteiger partial charge in [-0.2, -0.15) is 5.10 Å². The molecule has 1 aliphatic heterocycles. The van der Waals surface area contributed by atoms with Crippen molar-refractivity contribution in [3.63, 3.8) is 0 Å². The Morgan fingerprint density at radius 1 is 0.800 bits per heavy atom. The minimum Gasteiger partial charge on any atom is -0.497 e. The van der Waals surface area contributed by atoms with Gasteiger partial charge in [-0.15, -0.1) is 10.2 Å². The van der Waals surface area contributed by atoms with Gasteiger partial charge in [-0.05, 0) is 132 Å². The lowest BCUT2D eigenvalue weighted by Gasteiger charge is -2.69. The number of hydrogen-bond donors (Lipinski definition) is 0. The molecule has 6 aromatic rings. The van der Waals surface area contributed by atoms with Gasteiger partial charge in [0.05, 0.1) is 32.1 Å². The van der Waals surface area contributed by atoms with Gasteiger partial charge in [0.25, 0.3) is 8.32 Å². The van der Waals surface area contributed by atoms with Gasteiger partial charge in [0.15, 0.2) is 16.7 Å². The van der Waals surface area contributed by atoms with E-state index in [1.807, 2.05) is 54.4 Å². The smallest absolute Gasteiger partial charge is 0.358 e. The SMILES string of the molecule is COc1ccc(COC(=O)c2nc(N3CCCc4c3nnc(Cl)c4C)ccc2-c2cnn(CC34CC5(C)CC(C)(C3)CC(OCCO[Si](c3ccccc3)(c3ccccc3)C(C)(C)C)(C5)C4)c2C)cc1. The number of carbonyl (C=O) groups is 1. The molecule has 2 unspecified atom stereocenters. The van der Waals surface area contributed by atoms with Gasteiger partial charge in [-0.25, -0.2) is 9.78 Å². The van der Waals surface area contributed by atoms with Crippen molar-refractivity contribution < 1.29 is 23.4 Å². The Hall–Kier alpha value is -5.40. The molecule has 0 amide bonds. The molecule has 11 nitrogen and oxygen atoms in total. The summed E-state index contributed by atoms with van der Waals surface area (Å²) in [6.45, 7) is 18.7. The van der Waals surface area contributed by atoms with Gasteiger partial charge in [0.2, 0.25) is 0 Å². The zero-order valence-corrected chi connectivity index (χ0v) is 43.9. The van der Waals surface area contributed by atoms with Crippen LogP contribution in [0.4, 0.5) is 11.6 Å². The minimum absolute atomic E-state index is 0.0168. The van der Waals surface area contributed by atoms with E-state index in [1.54, 1.807) is 7.11 Å². The average molecular weight is 980 g/mol. The Kier molecular flexibility index (Phi) is 12.6. The molecule has 0 radical (unpaired) electrons. The highest BCUT2D eigenvalue weighted by Gasteiger charge is 2.66. The fourth-order valence-corrected chi connectivity index (χ4v) is 18.9. The summed E-state index contributed by atoms with van der Waals surface area (Å²) in [6, 6.07) is 33.2. The largest absolute Gasteiger partial charge is 0.497 e. The Morgan fingerprint density at radius 3 is 2.11 bits per heavy atom. The van der Waals surface area contributed by atoms with Crippen LogP contribution >= 0.6 is 11.6 Å². The maximum atomic E-state index is 14.4. The Morgan fingerprint density at radius 2 is 1.47 bits per heavy atom. The molecule has 0 spiro atoms. The summed E-state index contributed by atoms with van der Waals surface area (Å²) < 4.78 is 28.2. The third-order valence-corrected chi connectivity index (χ3v) is 21.4. The first-order valence-corrected chi connectivity index (χ1v) is 27.3. The number of benzene rings is 3. The average Bonchev–Trinajstić information content (AvgIpc) is 3.68. The van der Waals surface area contributed by atoms with E-state index >= 15 is 0 Å². The molecule has 70 heavy (non-hydrogen) atoms. The van der Waals surface area contributed by atoms with E-state index in [1.165, 1.54) is 16.8 Å². The van der Waals surface area contributed by atoms with Crippen LogP contribution in [0.15, 0.2) is 103 Å². The second-order valence-corrected chi connectivity index (χ2v) is 27.4. The zero-order valence-electron chi connectivity index (χ0n) is 42.1. The van der Waals surface area contributed by atoms with E-state index in [-0.39, 0.29) is 39.2 Å². The molecule has 2 atom stereocenters. The normalized spacial score (nSPS) is 23.9. The summed E-state index contributed by atoms with van der Waals surface area (Å²) >= 11 is 6.43. The van der Waals surface area contributed by atoms with Crippen LogP contribution in [0.5, 0.6) is 5.75 Å². The predicted octanol–water partition coefficient (Wildman–Crippen LogP) is 11.2. The van der Waals surface area contributed by atoms with Crippen LogP contribution < -0.4 is 20.0 Å². The number of fused-ring (bicyclic) bond motifs is 1. The Balaban J connectivity index is 0.927. The molecule has 4 bridgehead atoms. The number of carbonyl (C=O) groups excluding carboxylic acids is 1. The third-order valence-electron chi connectivity index (χ3n) is 16.0. The number of ether oxygens (including phenoxy) is 3. The lowest BCUT2D eigenvalue weighted by Crippen LogP contribution is -2.67. The Labute approximate surface area is 419 Å². The monoisotopic (exact) mass is 978 g/mol. The molecule has 4 saturated carbocycles. The summed E-state index contributed by atoms with van der Waals surface area (Å²) in [5.41, 5.74) is 5.56. The number of rotatable bonds is 15. The molecule has 3 aromatic carbocycles. The molecule has 13 heteroatoms. The molecule has 11 rings (SSSR count). The highest BCUT2D eigenvalue weighted by molar-refractivity contribution is 6.99. The fourth-order valence-electron chi connectivity index (χ4n) is 14.2. The molecule has 4 fully saturated rings. The number of methoxy groups -OCH3 is 1. The van der Waals surface area contributed by atoms with Gasteiger partial charge in [-0.1, -0.05) is 119 Å². The number of pyridine rings is 1. The lowest BCUT2D eigenvalue weighted by molar-refractivity contribution is -0.249. The molecule has 5 aliphatic rings. The molecular formula is C57H67ClN6O5Si. The maximum Gasteiger partial charge on any atom is 0.358 e. The fraction of sp³-hybridized carbons (Fsp3) is 0.456. The summed E-state index contributed by atoms with van der Waals surface area (Å²) in [4.78, 5) is 21.5. The summed E-state index contributed by atoms with van der Waals surface area (Å²) in [5, 5.41) is 16.7. The number of nitrogens with zero attached hydrogens (tertiary/aromatic N) is 6. The second kappa shape index (κ2) is 18.3. The van der Waals surface area contributed by atoms with Gasteiger partial charge in [-0.3, -0.25) is 4.68 Å². The lowest BCUT2D eigenvalue weighted by atomic mass is 9.39. The molecule has 3 aromatic heterocycles. The molecule has 0 N–H and O–H groups in total. The van der Waals surface area contributed by atoms with Crippen LogP contribution in [0.25, 0.3) is 11.1 Å². The van der Waals surface area contributed by atoms with E-state index in [0.717, 1.165) is 85.2 Å². The first-order valence-electron chi connectivity index (χ1n) is 25.0. The molecular weight excluding hydrogens is 912 g/mol. The van der Waals surface area contributed by atoms with Gasteiger partial charge < -0.3 is 23.5 Å². The summed E-state index contributed by atoms with van der Waals surface area (Å²) in [6.07, 6.45) is 10.2. The van der Waals surface area contributed by atoms with Gasteiger partial charge >= 0.3 is 5.97 Å². The first kappa shape index (κ1) is 48.2. The first-order chi connectivity index (χ1) is 33.5. The number of halogens is 1. The second-order valence-electron chi connectivity index (χ2n) is 22.7. The van der Waals surface area contributed by atoms with Crippen LogP contribution in [0.3, 0.4) is 0 Å². The van der Waals surface area contributed by atoms with Crippen molar-refractivity contribution in [3.05, 3.63) is 136 Å².